The van der Waals surface area contributed by atoms with Crippen molar-refractivity contribution in [3.63, 3.8) is 0 Å². The molecule has 2 heterocycles. The van der Waals surface area contributed by atoms with Gasteiger partial charge >= 0.3 is 5.97 Å². The first-order valence-electron chi connectivity index (χ1n) is 7.19. The van der Waals surface area contributed by atoms with E-state index in [0.29, 0.717) is 23.4 Å². The van der Waals surface area contributed by atoms with Gasteiger partial charge in [0.2, 0.25) is 5.43 Å². The van der Waals surface area contributed by atoms with Crippen molar-refractivity contribution in [2.24, 2.45) is 0 Å². The van der Waals surface area contributed by atoms with Crippen LogP contribution in [0.25, 0.3) is 11.0 Å². The Morgan fingerprint density at radius 2 is 1.96 bits per heavy atom. The minimum atomic E-state index is -1.23. The van der Waals surface area contributed by atoms with Crippen LogP contribution in [-0.2, 0) is 6.54 Å². The highest BCUT2D eigenvalue weighted by molar-refractivity contribution is 5.92. The number of para-hydroxylation sites is 1. The number of aryl methyl sites for hydroxylation is 1. The molecule has 3 aromatic rings. The van der Waals surface area contributed by atoms with Gasteiger partial charge in [-0.3, -0.25) is 4.79 Å². The fraction of sp³-hybridized carbons (Fsp3) is 0.118. The molecule has 0 amide bonds. The number of pyridine rings is 2. The summed E-state index contributed by atoms with van der Waals surface area (Å²) in [6.07, 6.45) is 1.34. The summed E-state index contributed by atoms with van der Waals surface area (Å²) in [6.45, 7) is 2.38. The van der Waals surface area contributed by atoms with Crippen molar-refractivity contribution in [3.8, 4) is 0 Å². The third-order valence-electron chi connectivity index (χ3n) is 3.54. The van der Waals surface area contributed by atoms with Gasteiger partial charge in [-0.1, -0.05) is 18.2 Å². The Morgan fingerprint density at radius 1 is 1.22 bits per heavy atom. The van der Waals surface area contributed by atoms with Gasteiger partial charge in [0, 0.05) is 18.4 Å². The zero-order valence-electron chi connectivity index (χ0n) is 12.5. The van der Waals surface area contributed by atoms with Crippen LogP contribution in [0.4, 0.5) is 11.5 Å². The van der Waals surface area contributed by atoms with E-state index in [-0.39, 0.29) is 5.56 Å². The lowest BCUT2D eigenvalue weighted by Gasteiger charge is -2.11. The molecule has 0 spiro atoms. The van der Waals surface area contributed by atoms with Crippen LogP contribution < -0.4 is 10.7 Å². The molecular weight excluding hydrogens is 294 g/mol. The van der Waals surface area contributed by atoms with E-state index >= 15 is 0 Å². The first-order valence-corrected chi connectivity index (χ1v) is 7.19. The number of aromatic carboxylic acids is 1. The van der Waals surface area contributed by atoms with Crippen LogP contribution in [0.1, 0.15) is 17.3 Å². The van der Waals surface area contributed by atoms with Crippen molar-refractivity contribution >= 4 is 28.5 Å². The normalized spacial score (nSPS) is 10.7. The number of hydrogen-bond acceptors (Lipinski definition) is 4. The predicted molar refractivity (Wildman–Crippen MR) is 88.4 cm³/mol. The number of carboxylic acids is 1. The molecule has 0 unspecified atom stereocenters. The number of benzene rings is 1. The minimum Gasteiger partial charge on any atom is -0.477 e. The van der Waals surface area contributed by atoms with Crippen LogP contribution in [0, 0.1) is 0 Å². The molecule has 0 aliphatic rings. The van der Waals surface area contributed by atoms with Gasteiger partial charge < -0.3 is 15.0 Å². The molecule has 3 rings (SSSR count). The van der Waals surface area contributed by atoms with Gasteiger partial charge in [-0.2, -0.15) is 0 Å². The number of carboxylic acid groups (broad SMARTS) is 1. The summed E-state index contributed by atoms with van der Waals surface area (Å²) in [7, 11) is 0. The standard InChI is InChI=1S/C17H15N3O3/c1-2-20-10-13(17(22)23)15(21)12-8-9-14(19-16(12)20)18-11-6-4-3-5-7-11/h3-10H,2H2,1H3,(H,18,19)(H,22,23). The van der Waals surface area contributed by atoms with E-state index in [0.717, 1.165) is 5.69 Å². The first kappa shape index (κ1) is 14.8. The van der Waals surface area contributed by atoms with Gasteiger partial charge in [-0.25, -0.2) is 9.78 Å². The molecule has 2 N–H and O–H groups in total. The molecule has 0 fully saturated rings. The van der Waals surface area contributed by atoms with Crippen molar-refractivity contribution in [3.05, 3.63) is 64.4 Å². The van der Waals surface area contributed by atoms with Crippen LogP contribution >= 0.6 is 0 Å². The molecule has 116 valence electrons. The van der Waals surface area contributed by atoms with E-state index in [4.69, 9.17) is 5.11 Å². The zero-order valence-corrected chi connectivity index (χ0v) is 12.5. The number of anilines is 2. The number of rotatable bonds is 4. The Morgan fingerprint density at radius 3 is 2.61 bits per heavy atom. The van der Waals surface area contributed by atoms with E-state index < -0.39 is 11.4 Å². The molecule has 0 saturated carbocycles. The number of hydrogen-bond donors (Lipinski definition) is 2. The van der Waals surface area contributed by atoms with Gasteiger partial charge in [0.1, 0.15) is 17.0 Å². The summed E-state index contributed by atoms with van der Waals surface area (Å²) in [5.74, 6) is -0.640. The van der Waals surface area contributed by atoms with Crippen LogP contribution in [0.5, 0.6) is 0 Å². The van der Waals surface area contributed by atoms with Crippen molar-refractivity contribution in [2.75, 3.05) is 5.32 Å². The number of fused-ring (bicyclic) bond motifs is 1. The molecule has 6 nitrogen and oxygen atoms in total. The summed E-state index contributed by atoms with van der Waals surface area (Å²) < 4.78 is 1.66. The van der Waals surface area contributed by atoms with E-state index in [1.807, 2.05) is 37.3 Å². The van der Waals surface area contributed by atoms with Crippen molar-refractivity contribution in [1.29, 1.82) is 0 Å². The lowest BCUT2D eigenvalue weighted by molar-refractivity contribution is 0.0695. The second kappa shape index (κ2) is 5.92. The fourth-order valence-corrected chi connectivity index (χ4v) is 2.40. The topological polar surface area (TPSA) is 84.2 Å². The van der Waals surface area contributed by atoms with E-state index in [2.05, 4.69) is 10.3 Å². The minimum absolute atomic E-state index is 0.245. The monoisotopic (exact) mass is 309 g/mol. The second-order valence-electron chi connectivity index (χ2n) is 5.02. The number of carbonyl (C=O) groups is 1. The molecule has 1 aromatic carbocycles. The quantitative estimate of drug-likeness (QED) is 0.774. The largest absolute Gasteiger partial charge is 0.477 e. The highest BCUT2D eigenvalue weighted by atomic mass is 16.4. The molecule has 0 radical (unpaired) electrons. The van der Waals surface area contributed by atoms with Crippen molar-refractivity contribution in [1.82, 2.24) is 9.55 Å². The Bertz CT molecular complexity index is 933. The SMILES string of the molecule is CCn1cc(C(=O)O)c(=O)c2ccc(Nc3ccccc3)nc21. The van der Waals surface area contributed by atoms with E-state index in [1.54, 1.807) is 16.7 Å². The molecule has 0 saturated heterocycles. The number of nitrogens with zero attached hydrogens (tertiary/aromatic N) is 2. The van der Waals surface area contributed by atoms with Crippen LogP contribution in [0.2, 0.25) is 0 Å². The third kappa shape index (κ3) is 2.78. The lowest BCUT2D eigenvalue weighted by Crippen LogP contribution is -2.19. The van der Waals surface area contributed by atoms with E-state index in [9.17, 15) is 9.59 Å². The molecular formula is C17H15N3O3. The molecule has 6 heteroatoms. The van der Waals surface area contributed by atoms with Gasteiger partial charge in [0.25, 0.3) is 0 Å². The van der Waals surface area contributed by atoms with E-state index in [1.165, 1.54) is 6.20 Å². The Balaban J connectivity index is 2.14. The van der Waals surface area contributed by atoms with Crippen molar-refractivity contribution in [2.45, 2.75) is 13.5 Å². The highest BCUT2D eigenvalue weighted by Gasteiger charge is 2.15. The summed E-state index contributed by atoms with van der Waals surface area (Å²) in [5, 5.41) is 12.6. The summed E-state index contributed by atoms with van der Waals surface area (Å²) in [4.78, 5) is 27.9. The maximum atomic E-state index is 12.3. The van der Waals surface area contributed by atoms with Gasteiger partial charge in [-0.15, -0.1) is 0 Å². The van der Waals surface area contributed by atoms with Crippen LogP contribution in [-0.4, -0.2) is 20.6 Å². The van der Waals surface area contributed by atoms with Crippen LogP contribution in [0.3, 0.4) is 0 Å². The van der Waals surface area contributed by atoms with Gasteiger partial charge in [0.05, 0.1) is 5.39 Å². The fourth-order valence-electron chi connectivity index (χ4n) is 2.40. The molecule has 0 bridgehead atoms. The Hall–Kier alpha value is -3.15. The molecule has 0 aliphatic heterocycles. The highest BCUT2D eigenvalue weighted by Crippen LogP contribution is 2.18. The van der Waals surface area contributed by atoms with Crippen LogP contribution in [0.15, 0.2) is 53.5 Å². The molecule has 0 aliphatic carbocycles. The lowest BCUT2D eigenvalue weighted by atomic mass is 10.2. The second-order valence-corrected chi connectivity index (χ2v) is 5.02. The molecule has 23 heavy (non-hydrogen) atoms. The maximum absolute atomic E-state index is 12.3. The van der Waals surface area contributed by atoms with Crippen molar-refractivity contribution < 1.29 is 9.90 Å². The average molecular weight is 309 g/mol. The smallest absolute Gasteiger partial charge is 0.341 e. The summed E-state index contributed by atoms with van der Waals surface area (Å²) in [6, 6.07) is 12.8. The maximum Gasteiger partial charge on any atom is 0.341 e. The molecule has 0 atom stereocenters. The summed E-state index contributed by atoms with van der Waals surface area (Å²) >= 11 is 0. The average Bonchev–Trinajstić information content (AvgIpc) is 2.56. The Labute approximate surface area is 132 Å². The third-order valence-corrected chi connectivity index (χ3v) is 3.54. The van der Waals surface area contributed by atoms with Gasteiger partial charge in [0.15, 0.2) is 0 Å². The predicted octanol–water partition coefficient (Wildman–Crippen LogP) is 2.86. The first-order chi connectivity index (χ1) is 11.1. The number of nitrogens with one attached hydrogen (secondary N) is 1. The molecule has 2 aromatic heterocycles. The summed E-state index contributed by atoms with van der Waals surface area (Å²) in [5.41, 5.74) is 0.580. The zero-order chi connectivity index (χ0) is 16.4. The van der Waals surface area contributed by atoms with Gasteiger partial charge in [-0.05, 0) is 31.2 Å². The Kier molecular flexibility index (Phi) is 3.80. The number of aromatic nitrogens is 2.